The van der Waals surface area contributed by atoms with Gasteiger partial charge in [0.2, 0.25) is 5.91 Å². The highest BCUT2D eigenvalue weighted by Gasteiger charge is 2.36. The average Bonchev–Trinajstić information content (AvgIpc) is 2.76. The van der Waals surface area contributed by atoms with Crippen molar-refractivity contribution in [1.82, 2.24) is 9.88 Å². The number of hydrogen-bond acceptors (Lipinski definition) is 3. The molecule has 4 heteroatoms. The zero-order valence-electron chi connectivity index (χ0n) is 13.2. The van der Waals surface area contributed by atoms with Crippen molar-refractivity contribution in [3.63, 3.8) is 0 Å². The predicted octanol–water partition coefficient (Wildman–Crippen LogP) is 2.41. The van der Waals surface area contributed by atoms with Crippen LogP contribution in [0.3, 0.4) is 0 Å². The van der Waals surface area contributed by atoms with Crippen molar-refractivity contribution in [1.29, 1.82) is 0 Å². The molecule has 2 atom stereocenters. The summed E-state index contributed by atoms with van der Waals surface area (Å²) in [5.41, 5.74) is 1.18. The molecule has 0 aromatic carbocycles. The normalized spacial score (nSPS) is 26.9. The van der Waals surface area contributed by atoms with Crippen LogP contribution in [0.5, 0.6) is 0 Å². The maximum Gasteiger partial charge on any atom is 0.225 e. The number of carbonyl (C=O) groups excluding carboxylic acids is 1. The molecule has 1 saturated heterocycles. The minimum atomic E-state index is -0.400. The van der Waals surface area contributed by atoms with E-state index in [0.29, 0.717) is 13.1 Å². The van der Waals surface area contributed by atoms with Gasteiger partial charge in [-0.25, -0.2) is 0 Å². The van der Waals surface area contributed by atoms with Crippen LogP contribution < -0.4 is 0 Å². The molecule has 2 unspecified atom stereocenters. The molecular formula is C18H26N2O2. The smallest absolute Gasteiger partial charge is 0.225 e. The molecule has 1 aromatic rings. The Morgan fingerprint density at radius 2 is 1.82 bits per heavy atom. The van der Waals surface area contributed by atoms with E-state index in [1.807, 2.05) is 17.0 Å². The minimum absolute atomic E-state index is 0.150. The molecule has 1 N–H and O–H groups in total. The first-order chi connectivity index (χ1) is 10.7. The molecule has 0 radical (unpaired) electrons. The van der Waals surface area contributed by atoms with E-state index in [0.717, 1.165) is 19.3 Å². The lowest BCUT2D eigenvalue weighted by atomic mass is 9.97. The Morgan fingerprint density at radius 1 is 1.14 bits per heavy atom. The Hall–Kier alpha value is -1.42. The zero-order chi connectivity index (χ0) is 15.4. The number of hydrogen-bond donors (Lipinski definition) is 1. The third-order valence-electron chi connectivity index (χ3n) is 5.17. The number of aliphatic hydroxyl groups excluding tert-OH is 1. The third-order valence-corrected chi connectivity index (χ3v) is 5.17. The van der Waals surface area contributed by atoms with Gasteiger partial charge in [-0.2, -0.15) is 0 Å². The van der Waals surface area contributed by atoms with Gasteiger partial charge in [0, 0.05) is 37.3 Å². The topological polar surface area (TPSA) is 53.4 Å². The van der Waals surface area contributed by atoms with Crippen molar-refractivity contribution in [3.8, 4) is 0 Å². The molecule has 22 heavy (non-hydrogen) atoms. The Morgan fingerprint density at radius 3 is 2.50 bits per heavy atom. The Balaban J connectivity index is 1.58. The lowest BCUT2D eigenvalue weighted by Crippen LogP contribution is -2.35. The monoisotopic (exact) mass is 302 g/mol. The van der Waals surface area contributed by atoms with E-state index < -0.39 is 6.10 Å². The molecule has 1 saturated carbocycles. The summed E-state index contributed by atoms with van der Waals surface area (Å²) in [6.07, 6.45) is 10.9. The number of carbonyl (C=O) groups is 1. The quantitative estimate of drug-likeness (QED) is 0.872. The van der Waals surface area contributed by atoms with Gasteiger partial charge in [-0.3, -0.25) is 9.78 Å². The highest BCUT2D eigenvalue weighted by Crippen LogP contribution is 2.28. The summed E-state index contributed by atoms with van der Waals surface area (Å²) in [7, 11) is 0. The number of likely N-dealkylation sites (tertiary alicyclic amines) is 1. The number of pyridine rings is 1. The number of aliphatic hydroxyl groups is 1. The van der Waals surface area contributed by atoms with Crippen LogP contribution in [0, 0.1) is 11.8 Å². The summed E-state index contributed by atoms with van der Waals surface area (Å²) in [5.74, 6) is 0.615. The molecule has 0 bridgehead atoms. The summed E-state index contributed by atoms with van der Waals surface area (Å²) in [5, 5.41) is 10.3. The summed E-state index contributed by atoms with van der Waals surface area (Å²) in [4.78, 5) is 18.6. The molecule has 0 spiro atoms. The molecule has 3 rings (SSSR count). The first-order valence-corrected chi connectivity index (χ1v) is 8.60. The zero-order valence-corrected chi connectivity index (χ0v) is 13.2. The van der Waals surface area contributed by atoms with E-state index >= 15 is 0 Å². The lowest BCUT2D eigenvalue weighted by molar-refractivity contribution is -0.135. The number of rotatable bonds is 3. The maximum absolute atomic E-state index is 12.7. The largest absolute Gasteiger partial charge is 0.391 e. The molecule has 4 nitrogen and oxygen atoms in total. The van der Waals surface area contributed by atoms with Crippen LogP contribution >= 0.6 is 0 Å². The lowest BCUT2D eigenvalue weighted by Gasteiger charge is -2.22. The van der Waals surface area contributed by atoms with Crippen molar-refractivity contribution in [2.75, 3.05) is 13.1 Å². The second-order valence-electron chi connectivity index (χ2n) is 6.82. The Kier molecular flexibility index (Phi) is 5.08. The van der Waals surface area contributed by atoms with E-state index in [4.69, 9.17) is 0 Å². The van der Waals surface area contributed by atoms with Crippen LogP contribution in [0.25, 0.3) is 0 Å². The van der Waals surface area contributed by atoms with Crippen molar-refractivity contribution in [3.05, 3.63) is 30.1 Å². The van der Waals surface area contributed by atoms with Gasteiger partial charge in [-0.05, 0) is 37.0 Å². The molecule has 120 valence electrons. The van der Waals surface area contributed by atoms with E-state index in [1.165, 1.54) is 31.2 Å². The first-order valence-electron chi connectivity index (χ1n) is 8.60. The number of nitrogens with zero attached hydrogens (tertiary/aromatic N) is 2. The average molecular weight is 302 g/mol. The van der Waals surface area contributed by atoms with E-state index in [2.05, 4.69) is 4.98 Å². The van der Waals surface area contributed by atoms with Crippen LogP contribution in [0.2, 0.25) is 0 Å². The van der Waals surface area contributed by atoms with Gasteiger partial charge in [0.25, 0.3) is 0 Å². The summed E-state index contributed by atoms with van der Waals surface area (Å²) in [6, 6.07) is 3.98. The van der Waals surface area contributed by atoms with Crippen LogP contribution in [-0.4, -0.2) is 40.1 Å². The Bertz CT molecular complexity index is 483. The van der Waals surface area contributed by atoms with Gasteiger partial charge >= 0.3 is 0 Å². The number of β-amino-alcohol motifs (C(OH)–C–C–N with tert-alkyl or cyclic N) is 1. The fraction of sp³-hybridized carbons (Fsp3) is 0.667. The van der Waals surface area contributed by atoms with E-state index in [1.54, 1.807) is 12.4 Å². The van der Waals surface area contributed by atoms with Crippen LogP contribution in [0.1, 0.15) is 44.1 Å². The highest BCUT2D eigenvalue weighted by atomic mass is 16.3. The third kappa shape index (κ3) is 3.67. The highest BCUT2D eigenvalue weighted by molar-refractivity contribution is 5.79. The van der Waals surface area contributed by atoms with Gasteiger partial charge in [-0.15, -0.1) is 0 Å². The molecule has 1 aromatic heterocycles. The molecule has 1 amide bonds. The van der Waals surface area contributed by atoms with E-state index in [9.17, 15) is 9.90 Å². The standard InChI is InChI=1S/C18H26N2O2/c21-17-13-20(18(22)15-5-3-1-2-4-6-15)12-16(17)11-14-7-9-19-10-8-14/h7-10,15-17,21H,1-6,11-13H2. The fourth-order valence-corrected chi connectivity index (χ4v) is 3.84. The summed E-state index contributed by atoms with van der Waals surface area (Å²) < 4.78 is 0. The van der Waals surface area contributed by atoms with Crippen LogP contribution in [-0.2, 0) is 11.2 Å². The van der Waals surface area contributed by atoms with Crippen molar-refractivity contribution in [2.45, 2.75) is 51.0 Å². The van der Waals surface area contributed by atoms with Gasteiger partial charge in [0.1, 0.15) is 0 Å². The summed E-state index contributed by atoms with van der Waals surface area (Å²) in [6.45, 7) is 1.20. The van der Waals surface area contributed by atoms with Gasteiger partial charge in [-0.1, -0.05) is 25.7 Å². The van der Waals surface area contributed by atoms with E-state index in [-0.39, 0.29) is 17.7 Å². The van der Waals surface area contributed by atoms with Crippen molar-refractivity contribution >= 4 is 5.91 Å². The molecule has 1 aliphatic heterocycles. The Labute approximate surface area is 132 Å². The predicted molar refractivity (Wildman–Crippen MR) is 85.2 cm³/mol. The fourth-order valence-electron chi connectivity index (χ4n) is 3.84. The molecule has 2 aliphatic rings. The van der Waals surface area contributed by atoms with Crippen LogP contribution in [0.4, 0.5) is 0 Å². The molecule has 2 fully saturated rings. The second-order valence-corrected chi connectivity index (χ2v) is 6.82. The maximum atomic E-state index is 12.7. The first kappa shape index (κ1) is 15.5. The molecule has 1 aliphatic carbocycles. The molecular weight excluding hydrogens is 276 g/mol. The molecule has 2 heterocycles. The van der Waals surface area contributed by atoms with Gasteiger partial charge in [0.05, 0.1) is 6.10 Å². The van der Waals surface area contributed by atoms with Gasteiger partial charge < -0.3 is 10.0 Å². The number of amides is 1. The summed E-state index contributed by atoms with van der Waals surface area (Å²) >= 11 is 0. The SMILES string of the molecule is O=C(C1CCCCCC1)N1CC(O)C(Cc2ccncc2)C1. The van der Waals surface area contributed by atoms with Gasteiger partial charge in [0.15, 0.2) is 0 Å². The number of aromatic nitrogens is 1. The van der Waals surface area contributed by atoms with Crippen molar-refractivity contribution < 1.29 is 9.90 Å². The van der Waals surface area contributed by atoms with Crippen molar-refractivity contribution in [2.24, 2.45) is 11.8 Å². The minimum Gasteiger partial charge on any atom is -0.391 e. The van der Waals surface area contributed by atoms with Crippen LogP contribution in [0.15, 0.2) is 24.5 Å². The second kappa shape index (κ2) is 7.23.